The number of unbranched alkanes of at least 4 members (excludes halogenated alkanes) is 52. The molecule has 1 N–H and O–H groups in total. The number of aliphatic hydroxyl groups excluding tert-OH is 1. The van der Waals surface area contributed by atoms with E-state index >= 15 is 0 Å². The first-order valence-corrected chi connectivity index (χ1v) is 38.5. The fourth-order valence-corrected chi connectivity index (χ4v) is 11.7. The van der Waals surface area contributed by atoms with Crippen LogP contribution in [0.4, 0.5) is 0 Å². The van der Waals surface area contributed by atoms with Crippen LogP contribution < -0.4 is 0 Å². The average molecular weight is 1200 g/mol. The number of ether oxygens (including phenoxy) is 2. The summed E-state index contributed by atoms with van der Waals surface area (Å²) in [4.78, 5) is 24.7. The van der Waals surface area contributed by atoms with Crippen molar-refractivity contribution in [1.29, 1.82) is 0 Å². The van der Waals surface area contributed by atoms with Gasteiger partial charge in [0, 0.05) is 12.8 Å². The minimum Gasteiger partial charge on any atom is -0.462 e. The lowest BCUT2D eigenvalue weighted by atomic mass is 10.0. The number of esters is 2. The number of carbonyl (C=O) groups excluding carboxylic acids is 2. The quantitative estimate of drug-likeness (QED) is 0.0373. The van der Waals surface area contributed by atoms with Crippen LogP contribution in [0.25, 0.3) is 0 Å². The Morgan fingerprint density at radius 2 is 0.465 bits per heavy atom. The summed E-state index contributed by atoms with van der Waals surface area (Å²) in [5, 5.41) is 9.72. The van der Waals surface area contributed by atoms with Gasteiger partial charge in [0.1, 0.15) is 6.61 Å². The van der Waals surface area contributed by atoms with Crippen LogP contribution in [-0.4, -0.2) is 36.4 Å². The summed E-state index contributed by atoms with van der Waals surface area (Å²) in [6, 6.07) is 0. The van der Waals surface area contributed by atoms with Gasteiger partial charge in [0.05, 0.1) is 6.61 Å². The van der Waals surface area contributed by atoms with Gasteiger partial charge >= 0.3 is 11.9 Å². The van der Waals surface area contributed by atoms with Crippen LogP contribution in [0.15, 0.2) is 72.9 Å². The van der Waals surface area contributed by atoms with Crippen LogP contribution in [0.3, 0.4) is 0 Å². The second-order valence-corrected chi connectivity index (χ2v) is 26.1. The maximum Gasteiger partial charge on any atom is 0.306 e. The molecular weight excluding hydrogens is 1050 g/mol. The van der Waals surface area contributed by atoms with Crippen LogP contribution in [0.5, 0.6) is 0 Å². The highest BCUT2D eigenvalue weighted by Crippen LogP contribution is 2.19. The number of carbonyl (C=O) groups is 2. The molecule has 0 aromatic heterocycles. The van der Waals surface area contributed by atoms with Crippen molar-refractivity contribution in [3.05, 3.63) is 72.9 Å². The van der Waals surface area contributed by atoms with E-state index in [-0.39, 0.29) is 25.2 Å². The highest BCUT2D eigenvalue weighted by Gasteiger charge is 2.16. The van der Waals surface area contributed by atoms with E-state index in [0.717, 1.165) is 64.2 Å². The predicted molar refractivity (Wildman–Crippen MR) is 380 cm³/mol. The SMILES string of the molecule is CCCCCCC/C=C\C/C=C\C/C=C\CCCCCCCCCCCCCCCCCCCCCCCCCCC(=O)OC(CO)COC(=O)CCCCCCCCCCCCCCCCCCCC/C=C\C/C=C\C/C=C\CCCCCCC. The number of hydrogen-bond acceptors (Lipinski definition) is 5. The number of rotatable bonds is 72. The first kappa shape index (κ1) is 83.3. The van der Waals surface area contributed by atoms with Gasteiger partial charge in [-0.05, 0) is 89.9 Å². The molecule has 0 spiro atoms. The van der Waals surface area contributed by atoms with E-state index < -0.39 is 6.10 Å². The first-order valence-electron chi connectivity index (χ1n) is 38.5. The van der Waals surface area contributed by atoms with E-state index in [1.807, 2.05) is 0 Å². The lowest BCUT2D eigenvalue weighted by Crippen LogP contribution is -2.28. The molecule has 0 aliphatic carbocycles. The third kappa shape index (κ3) is 73.8. The monoisotopic (exact) mass is 1200 g/mol. The second-order valence-electron chi connectivity index (χ2n) is 26.1. The lowest BCUT2D eigenvalue weighted by molar-refractivity contribution is -0.161. The molecule has 0 fully saturated rings. The normalized spacial score (nSPS) is 12.5. The smallest absolute Gasteiger partial charge is 0.306 e. The van der Waals surface area contributed by atoms with Gasteiger partial charge in [0.2, 0.25) is 0 Å². The van der Waals surface area contributed by atoms with E-state index in [0.29, 0.717) is 12.8 Å². The van der Waals surface area contributed by atoms with Crippen LogP contribution >= 0.6 is 0 Å². The molecule has 0 bridgehead atoms. The third-order valence-electron chi connectivity index (χ3n) is 17.5. The van der Waals surface area contributed by atoms with Gasteiger partial charge in [0.15, 0.2) is 6.10 Å². The topological polar surface area (TPSA) is 72.8 Å². The van der Waals surface area contributed by atoms with Crippen LogP contribution in [0, 0.1) is 0 Å². The maximum absolute atomic E-state index is 12.4. The Bertz CT molecular complexity index is 1500. The van der Waals surface area contributed by atoms with Crippen molar-refractivity contribution in [2.45, 2.75) is 418 Å². The minimum absolute atomic E-state index is 0.0617. The standard InChI is InChI=1S/C81H148O5/c1-3-5-7-9-11-13-15-17-19-21-23-25-27-29-31-33-35-37-38-39-40-41-42-44-46-48-50-52-54-56-58-60-62-64-66-68-70-72-74-76-81(84)86-79(77-82)78-85-80(83)75-73-71-69-67-65-63-61-59-57-55-53-51-49-47-45-43-36-34-32-30-28-26-24-22-20-18-16-14-12-10-8-6-4-2/h15-18,21-24,27-30,79,82H,3-14,19-20,25-26,31-78H2,1-2H3/b17-15-,18-16-,23-21-,24-22-,29-27-,30-28-. The molecule has 0 aliphatic heterocycles. The van der Waals surface area contributed by atoms with Crippen molar-refractivity contribution >= 4 is 11.9 Å². The van der Waals surface area contributed by atoms with E-state index in [1.54, 1.807) is 0 Å². The van der Waals surface area contributed by atoms with Crippen molar-refractivity contribution < 1.29 is 24.2 Å². The Morgan fingerprint density at radius 3 is 0.698 bits per heavy atom. The zero-order valence-electron chi connectivity index (χ0n) is 57.8. The summed E-state index contributed by atoms with van der Waals surface area (Å²) >= 11 is 0. The van der Waals surface area contributed by atoms with Crippen LogP contribution in [-0.2, 0) is 19.1 Å². The summed E-state index contributed by atoms with van der Waals surface area (Å²) < 4.78 is 10.8. The Labute approximate surface area is 537 Å². The van der Waals surface area contributed by atoms with E-state index in [2.05, 4.69) is 86.8 Å². The van der Waals surface area contributed by atoms with Gasteiger partial charge in [-0.15, -0.1) is 0 Å². The second kappa shape index (κ2) is 76.6. The molecule has 86 heavy (non-hydrogen) atoms. The van der Waals surface area contributed by atoms with Gasteiger partial charge in [-0.25, -0.2) is 0 Å². The zero-order chi connectivity index (χ0) is 61.9. The van der Waals surface area contributed by atoms with Gasteiger partial charge in [-0.1, -0.05) is 382 Å². The summed E-state index contributed by atoms with van der Waals surface area (Å²) in [7, 11) is 0. The fourth-order valence-electron chi connectivity index (χ4n) is 11.7. The Morgan fingerprint density at radius 1 is 0.267 bits per heavy atom. The van der Waals surface area contributed by atoms with Gasteiger partial charge in [0.25, 0.3) is 0 Å². The molecule has 0 rings (SSSR count). The molecule has 0 saturated carbocycles. The highest BCUT2D eigenvalue weighted by molar-refractivity contribution is 5.70. The Balaban J connectivity index is 3.39. The van der Waals surface area contributed by atoms with Crippen molar-refractivity contribution in [3.8, 4) is 0 Å². The first-order chi connectivity index (χ1) is 42.6. The molecule has 5 nitrogen and oxygen atoms in total. The maximum atomic E-state index is 12.4. The number of allylic oxidation sites excluding steroid dienone is 12. The largest absolute Gasteiger partial charge is 0.462 e. The molecule has 0 saturated heterocycles. The Kier molecular flexibility index (Phi) is 74.2. The molecule has 0 aliphatic rings. The average Bonchev–Trinajstić information content (AvgIpc) is 3.55. The Hall–Kier alpha value is -2.66. The molecule has 0 amide bonds. The molecule has 502 valence electrons. The molecule has 5 heteroatoms. The van der Waals surface area contributed by atoms with Crippen molar-refractivity contribution in [2.75, 3.05) is 13.2 Å². The van der Waals surface area contributed by atoms with Crippen molar-refractivity contribution in [3.63, 3.8) is 0 Å². The zero-order valence-corrected chi connectivity index (χ0v) is 57.8. The third-order valence-corrected chi connectivity index (χ3v) is 17.5. The van der Waals surface area contributed by atoms with Gasteiger partial charge < -0.3 is 14.6 Å². The van der Waals surface area contributed by atoms with E-state index in [9.17, 15) is 14.7 Å². The summed E-state index contributed by atoms with van der Waals surface area (Å²) in [5.74, 6) is -0.569. The minimum atomic E-state index is -0.773. The summed E-state index contributed by atoms with van der Waals surface area (Å²) in [5.41, 5.74) is 0. The predicted octanol–water partition coefficient (Wildman–Crippen LogP) is 27.0. The van der Waals surface area contributed by atoms with Crippen molar-refractivity contribution in [1.82, 2.24) is 0 Å². The van der Waals surface area contributed by atoms with E-state index in [1.165, 1.54) is 321 Å². The molecule has 1 unspecified atom stereocenters. The van der Waals surface area contributed by atoms with Gasteiger partial charge in [-0.3, -0.25) is 9.59 Å². The van der Waals surface area contributed by atoms with Crippen molar-refractivity contribution in [2.24, 2.45) is 0 Å². The summed E-state index contributed by atoms with van der Waals surface area (Å²) in [6.45, 7) is 4.17. The van der Waals surface area contributed by atoms with Crippen LogP contribution in [0.2, 0.25) is 0 Å². The highest BCUT2D eigenvalue weighted by atomic mass is 16.6. The van der Waals surface area contributed by atoms with E-state index in [4.69, 9.17) is 9.47 Å². The molecule has 0 aromatic rings. The molecule has 0 heterocycles. The summed E-state index contributed by atoms with van der Waals surface area (Å²) in [6.07, 6.45) is 107. The molecule has 0 aromatic carbocycles. The van der Waals surface area contributed by atoms with Gasteiger partial charge in [-0.2, -0.15) is 0 Å². The molecular formula is C81H148O5. The molecule has 0 radical (unpaired) electrons. The fraction of sp³-hybridized carbons (Fsp3) is 0.827. The number of aliphatic hydroxyl groups is 1. The number of hydrogen-bond donors (Lipinski definition) is 1. The van der Waals surface area contributed by atoms with Crippen LogP contribution in [0.1, 0.15) is 412 Å². The lowest BCUT2D eigenvalue weighted by Gasteiger charge is -2.15. The molecule has 1 atom stereocenters.